The van der Waals surface area contributed by atoms with Gasteiger partial charge in [-0.1, -0.05) is 5.92 Å². The Morgan fingerprint density at radius 1 is 1.15 bits per heavy atom. The molecule has 2 saturated heterocycles. The molecular weight excluding hydrogens is 438 g/mol. The summed E-state index contributed by atoms with van der Waals surface area (Å²) in [6.07, 6.45) is 8.56. The van der Waals surface area contributed by atoms with Gasteiger partial charge in [0.05, 0.1) is 18.9 Å². The summed E-state index contributed by atoms with van der Waals surface area (Å²) in [4.78, 5) is 52.4. The van der Waals surface area contributed by atoms with Gasteiger partial charge in [-0.25, -0.2) is 4.79 Å². The van der Waals surface area contributed by atoms with Gasteiger partial charge < -0.3 is 24.6 Å². The summed E-state index contributed by atoms with van der Waals surface area (Å²) in [7, 11) is 0. The van der Waals surface area contributed by atoms with E-state index in [0.29, 0.717) is 44.9 Å². The molecule has 190 valence electrons. The Kier molecular flexibility index (Phi) is 10.2. The van der Waals surface area contributed by atoms with E-state index in [-0.39, 0.29) is 36.9 Å². The maximum absolute atomic E-state index is 12.7. The lowest BCUT2D eigenvalue weighted by molar-refractivity contribution is -0.143. The monoisotopic (exact) mass is 477 g/mol. The second-order valence-corrected chi connectivity index (χ2v) is 10.1. The van der Waals surface area contributed by atoms with E-state index < -0.39 is 17.6 Å². The number of hydrogen-bond donors (Lipinski definition) is 1. The molecule has 3 amide bonds. The van der Waals surface area contributed by atoms with Gasteiger partial charge in [-0.3, -0.25) is 14.4 Å². The second-order valence-electron chi connectivity index (χ2n) is 10.1. The first-order valence-electron chi connectivity index (χ1n) is 12.2. The summed E-state index contributed by atoms with van der Waals surface area (Å²) >= 11 is 0. The minimum absolute atomic E-state index is 0.0424. The summed E-state index contributed by atoms with van der Waals surface area (Å²) in [5.74, 6) is 1.82. The van der Waals surface area contributed by atoms with Crippen molar-refractivity contribution in [1.29, 1.82) is 0 Å². The Bertz CT molecular complexity index is 779. The molecule has 2 heterocycles. The number of rotatable bonds is 9. The Labute approximate surface area is 202 Å². The van der Waals surface area contributed by atoms with Crippen molar-refractivity contribution >= 4 is 23.9 Å². The Hall–Kier alpha value is -2.76. The average molecular weight is 478 g/mol. The number of esters is 1. The van der Waals surface area contributed by atoms with Gasteiger partial charge >= 0.3 is 12.1 Å². The highest BCUT2D eigenvalue weighted by molar-refractivity contribution is 5.82. The smallest absolute Gasteiger partial charge is 0.410 e. The summed E-state index contributed by atoms with van der Waals surface area (Å²) in [5.41, 5.74) is -0.500. The number of piperidine rings is 1. The molecule has 0 aromatic carbocycles. The lowest BCUT2D eigenvalue weighted by Gasteiger charge is -2.40. The zero-order valence-electron chi connectivity index (χ0n) is 20.9. The lowest BCUT2D eigenvalue weighted by atomic mass is 9.93. The summed E-state index contributed by atoms with van der Waals surface area (Å²) in [5, 5.41) is 2.73. The molecule has 2 rings (SSSR count). The molecule has 0 bridgehead atoms. The van der Waals surface area contributed by atoms with Crippen LogP contribution in [0.15, 0.2) is 0 Å². The standard InChI is InChI=1S/C25H39N3O6/c1-6-20(14-22(30)33-7-2)26-23(31)19-11-9-13-27(17-19)21(29)12-8-10-18-15-28(16-18)24(32)34-25(3,4)5/h1,18-20H,7-17H2,2-5H3,(H,26,31)/t19-,20?/m1/s1. The van der Waals surface area contributed by atoms with Crippen LogP contribution in [0, 0.1) is 24.2 Å². The van der Waals surface area contributed by atoms with E-state index in [2.05, 4.69) is 11.2 Å². The van der Waals surface area contributed by atoms with Gasteiger partial charge in [0.15, 0.2) is 0 Å². The average Bonchev–Trinajstić information content (AvgIpc) is 2.73. The van der Waals surface area contributed by atoms with Crippen molar-refractivity contribution in [3.63, 3.8) is 0 Å². The largest absolute Gasteiger partial charge is 0.466 e. The van der Waals surface area contributed by atoms with Crippen molar-refractivity contribution in [3.05, 3.63) is 0 Å². The molecule has 9 heteroatoms. The number of carbonyl (C=O) groups is 4. The maximum atomic E-state index is 12.7. The Morgan fingerprint density at radius 2 is 1.85 bits per heavy atom. The van der Waals surface area contributed by atoms with Gasteiger partial charge in [-0.2, -0.15) is 0 Å². The molecule has 0 spiro atoms. The van der Waals surface area contributed by atoms with E-state index in [4.69, 9.17) is 15.9 Å². The quantitative estimate of drug-likeness (QED) is 0.404. The van der Waals surface area contributed by atoms with Crippen LogP contribution in [0.2, 0.25) is 0 Å². The van der Waals surface area contributed by atoms with E-state index in [9.17, 15) is 19.2 Å². The van der Waals surface area contributed by atoms with E-state index in [1.807, 2.05) is 20.8 Å². The number of ether oxygens (including phenoxy) is 2. The molecule has 1 unspecified atom stereocenters. The third-order valence-corrected chi connectivity index (χ3v) is 5.95. The molecule has 0 aromatic heterocycles. The Balaban J connectivity index is 1.69. The number of nitrogens with one attached hydrogen (secondary N) is 1. The zero-order chi connectivity index (χ0) is 25.3. The van der Waals surface area contributed by atoms with Crippen molar-refractivity contribution < 1.29 is 28.7 Å². The van der Waals surface area contributed by atoms with Gasteiger partial charge in [-0.15, -0.1) is 6.42 Å². The molecule has 2 fully saturated rings. The van der Waals surface area contributed by atoms with Crippen LogP contribution in [0.4, 0.5) is 4.79 Å². The molecule has 9 nitrogen and oxygen atoms in total. The molecule has 0 aliphatic carbocycles. The molecule has 1 N–H and O–H groups in total. The van der Waals surface area contributed by atoms with Gasteiger partial charge in [0.1, 0.15) is 11.6 Å². The number of hydrogen-bond acceptors (Lipinski definition) is 6. The molecule has 2 atom stereocenters. The maximum Gasteiger partial charge on any atom is 0.410 e. The summed E-state index contributed by atoms with van der Waals surface area (Å²) in [6.45, 7) is 9.83. The van der Waals surface area contributed by atoms with Crippen LogP contribution < -0.4 is 5.32 Å². The SMILES string of the molecule is C#CC(CC(=O)OCC)NC(=O)[C@@H]1CCCN(C(=O)CCCC2CN(C(=O)OC(C)(C)C)C2)C1. The van der Waals surface area contributed by atoms with Crippen LogP contribution in [0.5, 0.6) is 0 Å². The highest BCUT2D eigenvalue weighted by Gasteiger charge is 2.34. The first-order chi connectivity index (χ1) is 16.0. The minimum atomic E-state index is -0.722. The zero-order valence-corrected chi connectivity index (χ0v) is 20.9. The van der Waals surface area contributed by atoms with E-state index >= 15 is 0 Å². The summed E-state index contributed by atoms with van der Waals surface area (Å²) in [6, 6.07) is -0.722. The topological polar surface area (TPSA) is 105 Å². The van der Waals surface area contributed by atoms with Gasteiger partial charge in [-0.05, 0) is 59.3 Å². The van der Waals surface area contributed by atoms with Crippen LogP contribution in [0.1, 0.15) is 66.2 Å². The lowest BCUT2D eigenvalue weighted by Crippen LogP contribution is -2.51. The minimum Gasteiger partial charge on any atom is -0.466 e. The first kappa shape index (κ1) is 27.5. The van der Waals surface area contributed by atoms with Crippen LogP contribution in [0.3, 0.4) is 0 Å². The van der Waals surface area contributed by atoms with Crippen LogP contribution >= 0.6 is 0 Å². The molecule has 0 aromatic rings. The van der Waals surface area contributed by atoms with Crippen molar-refractivity contribution in [3.8, 4) is 12.3 Å². The number of terminal acetylenes is 1. The predicted octanol–water partition coefficient (Wildman–Crippen LogP) is 2.33. The van der Waals surface area contributed by atoms with Gasteiger partial charge in [0, 0.05) is 32.6 Å². The number of likely N-dealkylation sites (tertiary alicyclic amines) is 2. The molecule has 34 heavy (non-hydrogen) atoms. The van der Waals surface area contributed by atoms with Crippen molar-refractivity contribution in [2.45, 2.75) is 77.9 Å². The highest BCUT2D eigenvalue weighted by atomic mass is 16.6. The number of nitrogens with zero attached hydrogens (tertiary/aromatic N) is 2. The first-order valence-corrected chi connectivity index (χ1v) is 12.2. The van der Waals surface area contributed by atoms with E-state index in [1.165, 1.54) is 0 Å². The third-order valence-electron chi connectivity index (χ3n) is 5.95. The number of carbonyl (C=O) groups excluding carboxylic acids is 4. The summed E-state index contributed by atoms with van der Waals surface area (Å²) < 4.78 is 10.3. The fourth-order valence-corrected chi connectivity index (χ4v) is 4.17. The second kappa shape index (κ2) is 12.6. The molecule has 2 aliphatic rings. The molecule has 2 aliphatic heterocycles. The highest BCUT2D eigenvalue weighted by Crippen LogP contribution is 2.24. The van der Waals surface area contributed by atoms with Crippen molar-refractivity contribution in [2.24, 2.45) is 11.8 Å². The number of amides is 3. The van der Waals surface area contributed by atoms with Crippen molar-refractivity contribution in [1.82, 2.24) is 15.1 Å². The fraction of sp³-hybridized carbons (Fsp3) is 0.760. The Morgan fingerprint density at radius 3 is 2.47 bits per heavy atom. The predicted molar refractivity (Wildman–Crippen MR) is 126 cm³/mol. The van der Waals surface area contributed by atoms with E-state index in [0.717, 1.165) is 19.3 Å². The fourth-order valence-electron chi connectivity index (χ4n) is 4.17. The van der Waals surface area contributed by atoms with Gasteiger partial charge in [0.25, 0.3) is 0 Å². The molecular formula is C25H39N3O6. The molecule has 0 saturated carbocycles. The normalized spacial score (nSPS) is 19.4. The van der Waals surface area contributed by atoms with Gasteiger partial charge in [0.2, 0.25) is 11.8 Å². The van der Waals surface area contributed by atoms with Crippen LogP contribution in [0.25, 0.3) is 0 Å². The third kappa shape index (κ3) is 8.88. The van der Waals surface area contributed by atoms with Crippen LogP contribution in [-0.2, 0) is 23.9 Å². The van der Waals surface area contributed by atoms with Crippen molar-refractivity contribution in [2.75, 3.05) is 32.8 Å². The molecule has 0 radical (unpaired) electrons. The van der Waals surface area contributed by atoms with Crippen LogP contribution in [-0.4, -0.2) is 78.1 Å². The van der Waals surface area contributed by atoms with E-state index in [1.54, 1.807) is 16.7 Å².